The number of furan rings is 2. The van der Waals surface area contributed by atoms with Crippen LogP contribution in [0.25, 0.3) is 66.1 Å². The zero-order valence-corrected chi connectivity index (χ0v) is 38.4. The fraction of sp³-hybridized carbons (Fsp3) is 0.143. The zero-order chi connectivity index (χ0) is 45.0. The third-order valence-corrected chi connectivity index (χ3v) is 15.4. The van der Waals surface area contributed by atoms with Gasteiger partial charge in [-0.2, -0.15) is 0 Å². The van der Waals surface area contributed by atoms with Crippen molar-refractivity contribution >= 4 is 101 Å². The van der Waals surface area contributed by atoms with Crippen LogP contribution in [-0.2, 0) is 0 Å². The molecule has 3 aliphatic rings. The van der Waals surface area contributed by atoms with Gasteiger partial charge in [-0.05, 0) is 124 Å². The van der Waals surface area contributed by atoms with Gasteiger partial charge in [0.05, 0.1) is 0 Å². The molecule has 0 atom stereocenters. The average Bonchev–Trinajstić information content (AvgIpc) is 3.98. The first kappa shape index (κ1) is 39.4. The van der Waals surface area contributed by atoms with Gasteiger partial charge < -0.3 is 18.6 Å². The molecule has 0 saturated heterocycles. The Morgan fingerprint density at radius 2 is 0.971 bits per heavy atom. The monoisotopic (exact) mass is 876 g/mol. The summed E-state index contributed by atoms with van der Waals surface area (Å²) < 4.78 is 13.1. The van der Waals surface area contributed by atoms with Crippen LogP contribution in [0.1, 0.15) is 68.9 Å². The number of hydrogen-bond donors (Lipinski definition) is 0. The Hall–Kier alpha value is -7.76. The van der Waals surface area contributed by atoms with Gasteiger partial charge in [-0.1, -0.05) is 161 Å². The molecule has 1 aliphatic carbocycles. The largest absolute Gasteiger partial charge is 0.455 e. The molecule has 0 spiro atoms. The number of nitrogens with zero attached hydrogens (tertiary/aromatic N) is 2. The number of rotatable bonds is 6. The number of para-hydroxylation sites is 5. The molecule has 0 N–H and O–H groups in total. The SMILES string of the molecule is CC(C)c1ccc2c(c1)B1c3ccccc3N(c3ccc(-c4cccc5c4oc4ccccc45)cc3)c3cc(C4CCCCC4)cc(c31)N2c1ccc(-c2cccc3c2oc2ccccc23)cc1. The molecular formula is C63H49BN2O2. The van der Waals surface area contributed by atoms with E-state index in [1.807, 2.05) is 12.1 Å². The van der Waals surface area contributed by atoms with Gasteiger partial charge in [0.25, 0.3) is 6.71 Å². The second-order valence-corrected chi connectivity index (χ2v) is 19.6. The minimum atomic E-state index is 0.0627. The lowest BCUT2D eigenvalue weighted by atomic mass is 9.33. The highest BCUT2D eigenvalue weighted by atomic mass is 16.3. The maximum absolute atomic E-state index is 6.54. The summed E-state index contributed by atoms with van der Waals surface area (Å²) in [6.45, 7) is 4.69. The summed E-state index contributed by atoms with van der Waals surface area (Å²) in [6.07, 6.45) is 6.30. The van der Waals surface area contributed by atoms with E-state index in [1.165, 1.54) is 82.4 Å². The fourth-order valence-electron chi connectivity index (χ4n) is 12.1. The molecule has 4 heterocycles. The van der Waals surface area contributed by atoms with E-state index in [0.717, 1.165) is 77.5 Å². The van der Waals surface area contributed by atoms with Crippen LogP contribution in [0.4, 0.5) is 34.1 Å². The van der Waals surface area contributed by atoms with E-state index in [1.54, 1.807) is 0 Å². The second kappa shape index (κ2) is 15.4. The van der Waals surface area contributed by atoms with E-state index in [9.17, 15) is 0 Å². The van der Waals surface area contributed by atoms with Crippen molar-refractivity contribution in [2.45, 2.75) is 57.8 Å². The molecule has 9 aromatic carbocycles. The van der Waals surface area contributed by atoms with Gasteiger partial charge in [0.1, 0.15) is 22.3 Å². The number of hydrogen-bond acceptors (Lipinski definition) is 4. The number of fused-ring (bicyclic) bond motifs is 10. The summed E-state index contributed by atoms with van der Waals surface area (Å²) in [4.78, 5) is 5.14. The maximum atomic E-state index is 6.54. The summed E-state index contributed by atoms with van der Waals surface area (Å²) in [5.41, 5.74) is 22.4. The Labute approximate surface area is 397 Å². The first-order valence-electron chi connectivity index (χ1n) is 24.6. The van der Waals surface area contributed by atoms with Crippen LogP contribution in [0.15, 0.2) is 197 Å². The highest BCUT2D eigenvalue weighted by Crippen LogP contribution is 2.48. The number of benzene rings is 9. The Balaban J connectivity index is 0.960. The quantitative estimate of drug-likeness (QED) is 0.156. The smallest absolute Gasteiger partial charge is 0.252 e. The van der Waals surface area contributed by atoms with Crippen molar-refractivity contribution in [3.05, 3.63) is 199 Å². The van der Waals surface area contributed by atoms with E-state index in [0.29, 0.717) is 11.8 Å². The fourth-order valence-corrected chi connectivity index (χ4v) is 12.1. The minimum absolute atomic E-state index is 0.0627. The third kappa shape index (κ3) is 6.01. The van der Waals surface area contributed by atoms with Gasteiger partial charge in [-0.3, -0.25) is 0 Å². The Bertz CT molecular complexity index is 3760. The molecule has 4 nitrogen and oxygen atoms in total. The van der Waals surface area contributed by atoms with Crippen molar-refractivity contribution in [2.75, 3.05) is 9.80 Å². The van der Waals surface area contributed by atoms with Gasteiger partial charge in [0, 0.05) is 66.8 Å². The highest BCUT2D eigenvalue weighted by molar-refractivity contribution is 7.00. The predicted molar refractivity (Wildman–Crippen MR) is 286 cm³/mol. The summed E-state index contributed by atoms with van der Waals surface area (Å²) in [5, 5.41) is 4.59. The normalized spacial score (nSPS) is 14.6. The van der Waals surface area contributed by atoms with Crippen molar-refractivity contribution in [1.82, 2.24) is 0 Å². The third-order valence-electron chi connectivity index (χ3n) is 15.4. The van der Waals surface area contributed by atoms with Crippen LogP contribution in [0.2, 0.25) is 0 Å². The Morgan fingerprint density at radius 3 is 1.54 bits per heavy atom. The topological polar surface area (TPSA) is 32.8 Å². The lowest BCUT2D eigenvalue weighted by Gasteiger charge is -2.45. The number of anilines is 6. The Kier molecular flexibility index (Phi) is 8.93. The Morgan fingerprint density at radius 1 is 0.456 bits per heavy atom. The summed E-state index contributed by atoms with van der Waals surface area (Å²) in [7, 11) is 0. The molecule has 5 heteroatoms. The molecular weight excluding hydrogens is 828 g/mol. The van der Waals surface area contributed by atoms with E-state index in [-0.39, 0.29) is 6.71 Å². The average molecular weight is 877 g/mol. The summed E-state index contributed by atoms with van der Waals surface area (Å²) >= 11 is 0. The molecule has 0 bridgehead atoms. The molecule has 11 aromatic rings. The lowest BCUT2D eigenvalue weighted by molar-refractivity contribution is 0.444. The summed E-state index contributed by atoms with van der Waals surface area (Å²) in [5.74, 6) is 0.899. The van der Waals surface area contributed by atoms with E-state index >= 15 is 0 Å². The minimum Gasteiger partial charge on any atom is -0.455 e. The molecule has 1 fully saturated rings. The highest BCUT2D eigenvalue weighted by Gasteiger charge is 2.44. The van der Waals surface area contributed by atoms with Gasteiger partial charge in [0.2, 0.25) is 0 Å². The van der Waals surface area contributed by atoms with Crippen LogP contribution < -0.4 is 26.2 Å². The molecule has 1 saturated carbocycles. The lowest BCUT2D eigenvalue weighted by Crippen LogP contribution is -2.61. The first-order chi connectivity index (χ1) is 33.6. The standard InChI is InChI=1S/C63H49BN2O2/c1-39(2)43-30-35-56-54(36-43)64-53-22-8-9-23-55(53)65(45-31-26-41(27-32-45)47-18-12-20-51-49-16-6-10-24-59(49)67-62(47)51)57-37-44(40-14-4-3-5-15-40)38-58(61(57)64)66(56)46-33-28-42(29-34-46)48-19-13-21-52-50-17-7-11-25-60(50)68-63(48)52/h6-13,16-40H,3-5,14-15H2,1-2H3. The van der Waals surface area contributed by atoms with Crippen LogP contribution >= 0.6 is 0 Å². The first-order valence-corrected chi connectivity index (χ1v) is 24.6. The van der Waals surface area contributed by atoms with Crippen LogP contribution in [-0.4, -0.2) is 6.71 Å². The van der Waals surface area contributed by atoms with Crippen LogP contribution in [0, 0.1) is 0 Å². The van der Waals surface area contributed by atoms with Crippen LogP contribution in [0.3, 0.4) is 0 Å². The van der Waals surface area contributed by atoms with Crippen molar-refractivity contribution in [1.29, 1.82) is 0 Å². The molecule has 0 radical (unpaired) electrons. The van der Waals surface area contributed by atoms with Gasteiger partial charge >= 0.3 is 0 Å². The molecule has 2 aromatic heterocycles. The molecule has 0 amide bonds. The molecule has 14 rings (SSSR count). The van der Waals surface area contributed by atoms with Gasteiger partial charge in [-0.25, -0.2) is 0 Å². The van der Waals surface area contributed by atoms with Crippen molar-refractivity contribution in [3.63, 3.8) is 0 Å². The van der Waals surface area contributed by atoms with Crippen molar-refractivity contribution in [3.8, 4) is 22.3 Å². The molecule has 0 unspecified atom stereocenters. The van der Waals surface area contributed by atoms with E-state index in [2.05, 4.69) is 200 Å². The van der Waals surface area contributed by atoms with E-state index in [4.69, 9.17) is 8.83 Å². The van der Waals surface area contributed by atoms with Crippen molar-refractivity contribution in [2.24, 2.45) is 0 Å². The zero-order valence-electron chi connectivity index (χ0n) is 38.4. The van der Waals surface area contributed by atoms with Crippen LogP contribution in [0.5, 0.6) is 0 Å². The molecule has 68 heavy (non-hydrogen) atoms. The predicted octanol–water partition coefficient (Wildman–Crippen LogP) is 16.1. The molecule has 2 aliphatic heterocycles. The van der Waals surface area contributed by atoms with Crippen molar-refractivity contribution < 1.29 is 8.83 Å². The van der Waals surface area contributed by atoms with E-state index < -0.39 is 0 Å². The molecule has 326 valence electrons. The maximum Gasteiger partial charge on any atom is 0.252 e. The summed E-state index contributed by atoms with van der Waals surface area (Å²) in [6, 6.07) is 69.8. The second-order valence-electron chi connectivity index (χ2n) is 19.6. The van der Waals surface area contributed by atoms with Gasteiger partial charge in [-0.15, -0.1) is 0 Å². The van der Waals surface area contributed by atoms with Gasteiger partial charge in [0.15, 0.2) is 0 Å².